The second-order valence-corrected chi connectivity index (χ2v) is 6.13. The zero-order valence-corrected chi connectivity index (χ0v) is 15.7. The SMILES string of the molecule is CCc1ccc(Nc2ccnc(C(=O)Nc3ccc(C(=O)OC)cc3)c2)cc1. The molecule has 28 heavy (non-hydrogen) atoms. The normalized spacial score (nSPS) is 10.2. The molecule has 2 aromatic carbocycles. The third-order valence-corrected chi connectivity index (χ3v) is 4.21. The molecule has 0 spiro atoms. The zero-order chi connectivity index (χ0) is 19.9. The molecule has 3 aromatic rings. The number of ether oxygens (including phenoxy) is 1. The molecular weight excluding hydrogens is 354 g/mol. The summed E-state index contributed by atoms with van der Waals surface area (Å²) in [5.74, 6) is -0.763. The van der Waals surface area contributed by atoms with E-state index < -0.39 is 5.97 Å². The lowest BCUT2D eigenvalue weighted by atomic mass is 10.1. The third-order valence-electron chi connectivity index (χ3n) is 4.21. The molecule has 0 saturated heterocycles. The van der Waals surface area contributed by atoms with Crippen molar-refractivity contribution in [2.75, 3.05) is 17.7 Å². The van der Waals surface area contributed by atoms with Crippen LogP contribution >= 0.6 is 0 Å². The van der Waals surface area contributed by atoms with E-state index in [2.05, 4.69) is 39.4 Å². The number of benzene rings is 2. The average Bonchev–Trinajstić information content (AvgIpc) is 2.74. The van der Waals surface area contributed by atoms with E-state index in [9.17, 15) is 9.59 Å². The van der Waals surface area contributed by atoms with Crippen molar-refractivity contribution in [3.05, 3.63) is 83.7 Å². The van der Waals surface area contributed by atoms with E-state index in [4.69, 9.17) is 0 Å². The van der Waals surface area contributed by atoms with Crippen molar-refractivity contribution < 1.29 is 14.3 Å². The zero-order valence-electron chi connectivity index (χ0n) is 15.7. The molecule has 142 valence electrons. The van der Waals surface area contributed by atoms with Gasteiger partial charge in [-0.3, -0.25) is 9.78 Å². The van der Waals surface area contributed by atoms with Crippen molar-refractivity contribution >= 4 is 28.9 Å². The minimum atomic E-state index is -0.426. The molecule has 1 amide bonds. The van der Waals surface area contributed by atoms with E-state index >= 15 is 0 Å². The van der Waals surface area contributed by atoms with Crippen LogP contribution in [0.25, 0.3) is 0 Å². The number of methoxy groups -OCH3 is 1. The summed E-state index contributed by atoms with van der Waals surface area (Å²) in [6, 6.07) is 18.1. The number of aromatic nitrogens is 1. The largest absolute Gasteiger partial charge is 0.465 e. The van der Waals surface area contributed by atoms with Crippen molar-refractivity contribution in [1.29, 1.82) is 0 Å². The number of nitrogens with zero attached hydrogens (tertiary/aromatic N) is 1. The highest BCUT2D eigenvalue weighted by Gasteiger charge is 2.10. The second-order valence-electron chi connectivity index (χ2n) is 6.13. The topological polar surface area (TPSA) is 80.3 Å². The van der Waals surface area contributed by atoms with Gasteiger partial charge in [0.15, 0.2) is 0 Å². The minimum absolute atomic E-state index is 0.284. The van der Waals surface area contributed by atoms with Crippen LogP contribution in [0.4, 0.5) is 17.1 Å². The van der Waals surface area contributed by atoms with Gasteiger partial charge in [0, 0.05) is 23.3 Å². The first-order chi connectivity index (χ1) is 13.6. The number of aryl methyl sites for hydroxylation is 1. The summed E-state index contributed by atoms with van der Waals surface area (Å²) in [6.45, 7) is 2.11. The molecule has 0 unspecified atom stereocenters. The molecule has 0 fully saturated rings. The fourth-order valence-corrected chi connectivity index (χ4v) is 2.63. The van der Waals surface area contributed by atoms with E-state index in [-0.39, 0.29) is 11.6 Å². The van der Waals surface area contributed by atoms with Crippen LogP contribution in [0.2, 0.25) is 0 Å². The number of pyridine rings is 1. The summed E-state index contributed by atoms with van der Waals surface area (Å²) in [5.41, 5.74) is 4.23. The van der Waals surface area contributed by atoms with Crippen molar-refractivity contribution in [2.24, 2.45) is 0 Å². The first kappa shape index (κ1) is 19.1. The molecule has 0 saturated carbocycles. The van der Waals surface area contributed by atoms with Gasteiger partial charge in [-0.05, 0) is 60.5 Å². The lowest BCUT2D eigenvalue weighted by Gasteiger charge is -2.09. The molecule has 0 aliphatic carbocycles. The van der Waals surface area contributed by atoms with E-state index in [0.29, 0.717) is 11.3 Å². The van der Waals surface area contributed by atoms with Crippen LogP contribution in [0.1, 0.15) is 33.3 Å². The molecule has 0 radical (unpaired) electrons. The van der Waals surface area contributed by atoms with E-state index in [1.165, 1.54) is 12.7 Å². The smallest absolute Gasteiger partial charge is 0.337 e. The molecule has 0 atom stereocenters. The Bertz CT molecular complexity index is 967. The first-order valence-electron chi connectivity index (χ1n) is 8.91. The monoisotopic (exact) mass is 375 g/mol. The quantitative estimate of drug-likeness (QED) is 0.623. The van der Waals surface area contributed by atoms with Crippen molar-refractivity contribution in [1.82, 2.24) is 4.98 Å². The molecule has 0 bridgehead atoms. The number of carbonyl (C=O) groups is 2. The number of hydrogen-bond donors (Lipinski definition) is 2. The highest BCUT2D eigenvalue weighted by atomic mass is 16.5. The Kier molecular flexibility index (Phi) is 6.01. The van der Waals surface area contributed by atoms with Gasteiger partial charge in [-0.25, -0.2) is 4.79 Å². The number of carbonyl (C=O) groups excluding carboxylic acids is 2. The van der Waals surface area contributed by atoms with Gasteiger partial charge in [0.05, 0.1) is 12.7 Å². The van der Waals surface area contributed by atoms with Gasteiger partial charge in [-0.15, -0.1) is 0 Å². The summed E-state index contributed by atoms with van der Waals surface area (Å²) < 4.78 is 4.66. The predicted molar refractivity (Wildman–Crippen MR) is 109 cm³/mol. The Morgan fingerprint density at radius 2 is 1.61 bits per heavy atom. The van der Waals surface area contributed by atoms with Gasteiger partial charge in [0.2, 0.25) is 0 Å². The minimum Gasteiger partial charge on any atom is -0.465 e. The van der Waals surface area contributed by atoms with Crippen molar-refractivity contribution in [3.8, 4) is 0 Å². The Balaban J connectivity index is 1.68. The molecule has 0 aliphatic rings. The third kappa shape index (κ3) is 4.73. The van der Waals surface area contributed by atoms with Gasteiger partial charge in [0.25, 0.3) is 5.91 Å². The molecule has 1 aromatic heterocycles. The lowest BCUT2D eigenvalue weighted by molar-refractivity contribution is 0.0600. The highest BCUT2D eigenvalue weighted by molar-refractivity contribution is 6.03. The van der Waals surface area contributed by atoms with E-state index in [0.717, 1.165) is 17.8 Å². The molecule has 6 heteroatoms. The van der Waals surface area contributed by atoms with Crippen LogP contribution in [0.15, 0.2) is 66.9 Å². The number of nitrogens with one attached hydrogen (secondary N) is 2. The van der Waals surface area contributed by atoms with Gasteiger partial charge in [-0.1, -0.05) is 19.1 Å². The Hall–Kier alpha value is -3.67. The summed E-state index contributed by atoms with van der Waals surface area (Å²) in [5, 5.41) is 6.04. The second kappa shape index (κ2) is 8.81. The molecule has 2 N–H and O–H groups in total. The van der Waals surface area contributed by atoms with E-state index in [1.807, 2.05) is 12.1 Å². The van der Waals surface area contributed by atoms with Crippen LogP contribution in [0.3, 0.4) is 0 Å². The van der Waals surface area contributed by atoms with Gasteiger partial charge >= 0.3 is 5.97 Å². The van der Waals surface area contributed by atoms with Crippen molar-refractivity contribution in [3.63, 3.8) is 0 Å². The van der Waals surface area contributed by atoms with Crippen LogP contribution in [-0.2, 0) is 11.2 Å². The number of esters is 1. The fraction of sp³-hybridized carbons (Fsp3) is 0.136. The summed E-state index contributed by atoms with van der Waals surface area (Å²) in [7, 11) is 1.32. The lowest BCUT2D eigenvalue weighted by Crippen LogP contribution is -2.14. The number of hydrogen-bond acceptors (Lipinski definition) is 5. The summed E-state index contributed by atoms with van der Waals surface area (Å²) in [4.78, 5) is 28.1. The van der Waals surface area contributed by atoms with Crippen molar-refractivity contribution in [2.45, 2.75) is 13.3 Å². The Morgan fingerprint density at radius 3 is 2.25 bits per heavy atom. The summed E-state index contributed by atoms with van der Waals surface area (Å²) >= 11 is 0. The summed E-state index contributed by atoms with van der Waals surface area (Å²) in [6.07, 6.45) is 2.57. The first-order valence-corrected chi connectivity index (χ1v) is 8.91. The Morgan fingerprint density at radius 1 is 0.929 bits per heavy atom. The highest BCUT2D eigenvalue weighted by Crippen LogP contribution is 2.18. The predicted octanol–water partition coefficient (Wildman–Crippen LogP) is 4.43. The standard InChI is InChI=1S/C22H21N3O3/c1-3-15-4-8-17(9-5-15)24-19-12-13-23-20(14-19)21(26)25-18-10-6-16(7-11-18)22(27)28-2/h4-14H,3H2,1-2H3,(H,23,24)(H,25,26). The molecule has 0 aliphatic heterocycles. The van der Waals surface area contributed by atoms with E-state index in [1.54, 1.807) is 42.6 Å². The maximum Gasteiger partial charge on any atom is 0.337 e. The fourth-order valence-electron chi connectivity index (χ4n) is 2.63. The Labute approximate surface area is 163 Å². The van der Waals surface area contributed by atoms with Gasteiger partial charge in [-0.2, -0.15) is 0 Å². The number of anilines is 3. The number of rotatable bonds is 6. The van der Waals surface area contributed by atoms with Crippen LogP contribution in [0, 0.1) is 0 Å². The number of amides is 1. The maximum absolute atomic E-state index is 12.5. The average molecular weight is 375 g/mol. The molecule has 3 rings (SSSR count). The molecular formula is C22H21N3O3. The molecule has 1 heterocycles. The van der Waals surface area contributed by atoms with Gasteiger partial charge in [0.1, 0.15) is 5.69 Å². The maximum atomic E-state index is 12.5. The van der Waals surface area contributed by atoms with Crippen LogP contribution in [-0.4, -0.2) is 24.0 Å². The van der Waals surface area contributed by atoms with Crippen LogP contribution < -0.4 is 10.6 Å². The van der Waals surface area contributed by atoms with Crippen LogP contribution in [0.5, 0.6) is 0 Å². The molecule has 6 nitrogen and oxygen atoms in total. The van der Waals surface area contributed by atoms with Gasteiger partial charge < -0.3 is 15.4 Å².